The molecule has 1 N–H and O–H groups in total. The number of nitriles is 1. The van der Waals surface area contributed by atoms with E-state index in [0.29, 0.717) is 10.8 Å². The standard InChI is InChI=1S/C19H21FN4O3S/c1-13(2)19(3,12-21)23-16(25)10-27-17(26)11-28-18-22-7-8-24(18)15-6-4-5-14(20)9-15/h4-9,13H,10-11H2,1-3H3,(H,23,25)/t19-/m0/s1. The van der Waals surface area contributed by atoms with Crippen LogP contribution < -0.4 is 5.32 Å². The molecular formula is C19H21FN4O3S. The van der Waals surface area contributed by atoms with Crippen LogP contribution in [-0.2, 0) is 14.3 Å². The molecule has 0 fully saturated rings. The molecule has 0 saturated carbocycles. The average Bonchev–Trinajstić information content (AvgIpc) is 3.13. The van der Waals surface area contributed by atoms with Gasteiger partial charge in [-0.2, -0.15) is 5.26 Å². The smallest absolute Gasteiger partial charge is 0.316 e. The largest absolute Gasteiger partial charge is 0.455 e. The van der Waals surface area contributed by atoms with Gasteiger partial charge in [0.15, 0.2) is 11.8 Å². The summed E-state index contributed by atoms with van der Waals surface area (Å²) in [6.07, 6.45) is 3.20. The van der Waals surface area contributed by atoms with Crippen LogP contribution in [0.5, 0.6) is 0 Å². The average molecular weight is 404 g/mol. The number of nitrogens with zero attached hydrogens (tertiary/aromatic N) is 3. The highest BCUT2D eigenvalue weighted by molar-refractivity contribution is 7.99. The quantitative estimate of drug-likeness (QED) is 0.537. The van der Waals surface area contributed by atoms with E-state index in [1.165, 1.54) is 12.1 Å². The Morgan fingerprint density at radius 2 is 2.21 bits per heavy atom. The maximum absolute atomic E-state index is 13.4. The molecular weight excluding hydrogens is 383 g/mol. The Balaban J connectivity index is 1.87. The third kappa shape index (κ3) is 5.57. The van der Waals surface area contributed by atoms with Crippen molar-refractivity contribution in [2.45, 2.75) is 31.5 Å². The summed E-state index contributed by atoms with van der Waals surface area (Å²) in [5.74, 6) is -1.69. The van der Waals surface area contributed by atoms with Crippen LogP contribution in [0, 0.1) is 23.1 Å². The molecule has 1 amide bonds. The fourth-order valence-electron chi connectivity index (χ4n) is 2.16. The third-order valence-electron chi connectivity index (χ3n) is 4.16. The van der Waals surface area contributed by atoms with Gasteiger partial charge in [-0.15, -0.1) is 0 Å². The van der Waals surface area contributed by atoms with Gasteiger partial charge in [0, 0.05) is 12.4 Å². The lowest BCUT2D eigenvalue weighted by molar-refractivity contribution is -0.146. The number of hydrogen-bond donors (Lipinski definition) is 1. The molecule has 1 aromatic carbocycles. The van der Waals surface area contributed by atoms with Crippen LogP contribution in [0.2, 0.25) is 0 Å². The molecule has 0 unspecified atom stereocenters. The van der Waals surface area contributed by atoms with Crippen LogP contribution in [0.25, 0.3) is 5.69 Å². The molecule has 0 radical (unpaired) electrons. The van der Waals surface area contributed by atoms with E-state index in [4.69, 9.17) is 4.74 Å². The van der Waals surface area contributed by atoms with Gasteiger partial charge in [-0.3, -0.25) is 14.2 Å². The number of amides is 1. The number of benzene rings is 1. The number of hydrogen-bond acceptors (Lipinski definition) is 6. The van der Waals surface area contributed by atoms with E-state index < -0.39 is 24.0 Å². The van der Waals surface area contributed by atoms with Gasteiger partial charge in [-0.05, 0) is 31.0 Å². The van der Waals surface area contributed by atoms with E-state index in [0.717, 1.165) is 11.8 Å². The fourth-order valence-corrected chi connectivity index (χ4v) is 2.93. The van der Waals surface area contributed by atoms with Gasteiger partial charge in [0.1, 0.15) is 11.4 Å². The number of imidazole rings is 1. The zero-order valence-corrected chi connectivity index (χ0v) is 16.6. The zero-order valence-electron chi connectivity index (χ0n) is 15.8. The molecule has 0 bridgehead atoms. The number of halogens is 1. The second-order valence-corrected chi connectivity index (χ2v) is 7.47. The van der Waals surface area contributed by atoms with Gasteiger partial charge in [0.25, 0.3) is 5.91 Å². The molecule has 7 nitrogen and oxygen atoms in total. The molecule has 148 valence electrons. The van der Waals surface area contributed by atoms with E-state index in [1.54, 1.807) is 36.0 Å². The minimum atomic E-state index is -1.03. The van der Waals surface area contributed by atoms with Gasteiger partial charge >= 0.3 is 5.97 Å². The van der Waals surface area contributed by atoms with Crippen LogP contribution in [0.3, 0.4) is 0 Å². The normalized spacial score (nSPS) is 12.9. The number of carbonyl (C=O) groups excluding carboxylic acids is 2. The summed E-state index contributed by atoms with van der Waals surface area (Å²) in [4.78, 5) is 28.0. The second-order valence-electron chi connectivity index (χ2n) is 6.53. The van der Waals surface area contributed by atoms with Crippen molar-refractivity contribution in [3.8, 4) is 11.8 Å². The Kier molecular flexibility index (Phi) is 7.18. The Labute approximate surface area is 166 Å². The van der Waals surface area contributed by atoms with E-state index in [9.17, 15) is 19.2 Å². The van der Waals surface area contributed by atoms with Crippen LogP contribution in [0.1, 0.15) is 20.8 Å². The molecule has 0 spiro atoms. The fraction of sp³-hybridized carbons (Fsp3) is 0.368. The molecule has 0 aliphatic heterocycles. The minimum Gasteiger partial charge on any atom is -0.455 e. The predicted octanol–water partition coefficient (Wildman–Crippen LogP) is 2.70. The lowest BCUT2D eigenvalue weighted by atomic mass is 9.90. The number of nitrogens with one attached hydrogen (secondary N) is 1. The number of esters is 1. The topological polar surface area (TPSA) is 97.0 Å². The van der Waals surface area contributed by atoms with E-state index >= 15 is 0 Å². The summed E-state index contributed by atoms with van der Waals surface area (Å²) in [7, 11) is 0. The SMILES string of the molecule is CC(C)[C@](C)(C#N)NC(=O)COC(=O)CSc1nccn1-c1cccc(F)c1. The summed E-state index contributed by atoms with van der Waals surface area (Å²) < 4.78 is 20.0. The van der Waals surface area contributed by atoms with Crippen LogP contribution in [-0.4, -0.2) is 39.3 Å². The number of ether oxygens (including phenoxy) is 1. The number of carbonyl (C=O) groups is 2. The van der Waals surface area contributed by atoms with Crippen molar-refractivity contribution < 1.29 is 18.7 Å². The monoisotopic (exact) mass is 404 g/mol. The molecule has 1 atom stereocenters. The van der Waals surface area contributed by atoms with Crippen molar-refractivity contribution in [2.24, 2.45) is 5.92 Å². The van der Waals surface area contributed by atoms with E-state index in [-0.39, 0.29) is 17.5 Å². The van der Waals surface area contributed by atoms with Gasteiger partial charge in [0.2, 0.25) is 0 Å². The van der Waals surface area contributed by atoms with Crippen molar-refractivity contribution in [2.75, 3.05) is 12.4 Å². The van der Waals surface area contributed by atoms with Crippen LogP contribution >= 0.6 is 11.8 Å². The van der Waals surface area contributed by atoms with Crippen molar-refractivity contribution in [3.63, 3.8) is 0 Å². The van der Waals surface area contributed by atoms with Crippen molar-refractivity contribution in [1.29, 1.82) is 5.26 Å². The molecule has 1 aromatic heterocycles. The summed E-state index contributed by atoms with van der Waals surface area (Å²) in [6, 6.07) is 8.05. The summed E-state index contributed by atoms with van der Waals surface area (Å²) in [6.45, 7) is 4.76. The van der Waals surface area contributed by atoms with Crippen LogP contribution in [0.15, 0.2) is 41.8 Å². The first-order valence-corrected chi connectivity index (χ1v) is 9.53. The number of aromatic nitrogens is 2. The van der Waals surface area contributed by atoms with Crippen molar-refractivity contribution >= 4 is 23.6 Å². The van der Waals surface area contributed by atoms with Gasteiger partial charge < -0.3 is 10.1 Å². The maximum atomic E-state index is 13.4. The third-order valence-corrected chi connectivity index (χ3v) is 5.10. The Hall–Kier alpha value is -2.86. The first-order valence-electron chi connectivity index (χ1n) is 8.55. The lowest BCUT2D eigenvalue weighted by Crippen LogP contribution is -2.50. The molecule has 0 saturated heterocycles. The Morgan fingerprint density at radius 3 is 2.86 bits per heavy atom. The molecule has 28 heavy (non-hydrogen) atoms. The molecule has 1 heterocycles. The molecule has 2 rings (SSSR count). The summed E-state index contributed by atoms with van der Waals surface area (Å²) in [5, 5.41) is 12.3. The molecule has 0 aliphatic carbocycles. The molecule has 0 aliphatic rings. The number of rotatable bonds is 8. The first-order chi connectivity index (χ1) is 13.2. The van der Waals surface area contributed by atoms with E-state index in [2.05, 4.69) is 16.4 Å². The second kappa shape index (κ2) is 9.37. The lowest BCUT2D eigenvalue weighted by Gasteiger charge is -2.27. The molecule has 2 aromatic rings. The van der Waals surface area contributed by atoms with Gasteiger partial charge in [-0.1, -0.05) is 31.7 Å². The Morgan fingerprint density at radius 1 is 1.46 bits per heavy atom. The zero-order chi connectivity index (χ0) is 20.7. The highest BCUT2D eigenvalue weighted by Gasteiger charge is 2.30. The summed E-state index contributed by atoms with van der Waals surface area (Å²) in [5.41, 5.74) is -0.453. The summed E-state index contributed by atoms with van der Waals surface area (Å²) >= 11 is 1.11. The molecule has 9 heteroatoms. The van der Waals surface area contributed by atoms with Crippen molar-refractivity contribution in [3.05, 3.63) is 42.5 Å². The Bertz CT molecular complexity index is 893. The van der Waals surface area contributed by atoms with E-state index in [1.807, 2.05) is 13.8 Å². The van der Waals surface area contributed by atoms with Gasteiger partial charge in [0.05, 0.1) is 17.5 Å². The van der Waals surface area contributed by atoms with Crippen molar-refractivity contribution in [1.82, 2.24) is 14.9 Å². The highest BCUT2D eigenvalue weighted by Crippen LogP contribution is 2.21. The van der Waals surface area contributed by atoms with Gasteiger partial charge in [-0.25, -0.2) is 9.37 Å². The number of thioether (sulfide) groups is 1. The van der Waals surface area contributed by atoms with Crippen LogP contribution in [0.4, 0.5) is 4.39 Å². The minimum absolute atomic E-state index is 0.0701. The predicted molar refractivity (Wildman–Crippen MR) is 102 cm³/mol. The maximum Gasteiger partial charge on any atom is 0.316 e. The first kappa shape index (κ1) is 21.4. The highest BCUT2D eigenvalue weighted by atomic mass is 32.2.